The summed E-state index contributed by atoms with van der Waals surface area (Å²) in [5, 5.41) is 8.09. The minimum Gasteiger partial charge on any atom is -0.312 e. The second kappa shape index (κ2) is 5.73. The van der Waals surface area contributed by atoms with E-state index in [0.29, 0.717) is 6.04 Å². The van der Waals surface area contributed by atoms with Crippen molar-refractivity contribution in [2.75, 3.05) is 19.6 Å². The summed E-state index contributed by atoms with van der Waals surface area (Å²) in [5.41, 5.74) is 3.49. The molecule has 0 radical (unpaired) electrons. The lowest BCUT2D eigenvalue weighted by atomic mass is 10.1. The number of aryl methyl sites for hydroxylation is 1. The summed E-state index contributed by atoms with van der Waals surface area (Å²) in [6.07, 6.45) is 5.77. The third-order valence-electron chi connectivity index (χ3n) is 3.71. The molecule has 1 aliphatic rings. The number of pyridine rings is 1. The van der Waals surface area contributed by atoms with Gasteiger partial charge in [-0.2, -0.15) is 5.10 Å². The third-order valence-corrected chi connectivity index (χ3v) is 3.71. The van der Waals surface area contributed by atoms with E-state index >= 15 is 0 Å². The molecule has 0 spiro atoms. The van der Waals surface area contributed by atoms with E-state index in [4.69, 9.17) is 0 Å². The molecular formula is C15H21N5. The number of nitrogens with one attached hydrogen (secondary N) is 1. The number of aromatic nitrogens is 3. The van der Waals surface area contributed by atoms with E-state index in [0.717, 1.165) is 37.4 Å². The van der Waals surface area contributed by atoms with Gasteiger partial charge in [-0.05, 0) is 19.1 Å². The SMILES string of the molecule is C[C@@H]1CN(Cc2cn(C)nc2-c2ccncc2)CCN1. The van der Waals surface area contributed by atoms with E-state index in [1.807, 2.05) is 36.3 Å². The lowest BCUT2D eigenvalue weighted by molar-refractivity contribution is 0.200. The first-order valence-corrected chi connectivity index (χ1v) is 7.11. The van der Waals surface area contributed by atoms with Crippen molar-refractivity contribution in [3.8, 4) is 11.3 Å². The molecule has 0 aliphatic carbocycles. The quantitative estimate of drug-likeness (QED) is 0.913. The Labute approximate surface area is 119 Å². The summed E-state index contributed by atoms with van der Waals surface area (Å²) in [4.78, 5) is 6.57. The molecule has 3 heterocycles. The van der Waals surface area contributed by atoms with E-state index in [-0.39, 0.29) is 0 Å². The van der Waals surface area contributed by atoms with Crippen molar-refractivity contribution in [2.45, 2.75) is 19.5 Å². The molecule has 1 N–H and O–H groups in total. The molecule has 0 aromatic carbocycles. The average Bonchev–Trinajstić information content (AvgIpc) is 2.80. The van der Waals surface area contributed by atoms with E-state index in [1.165, 1.54) is 5.56 Å². The minimum atomic E-state index is 0.560. The molecular weight excluding hydrogens is 250 g/mol. The summed E-state index contributed by atoms with van der Waals surface area (Å²) in [5.74, 6) is 0. The van der Waals surface area contributed by atoms with Gasteiger partial charge in [0.25, 0.3) is 0 Å². The lowest BCUT2D eigenvalue weighted by Crippen LogP contribution is -2.48. The zero-order valence-electron chi connectivity index (χ0n) is 12.1. The highest BCUT2D eigenvalue weighted by molar-refractivity contribution is 5.61. The van der Waals surface area contributed by atoms with Crippen LogP contribution in [-0.2, 0) is 13.6 Å². The number of hydrogen-bond donors (Lipinski definition) is 1. The zero-order chi connectivity index (χ0) is 13.9. The molecule has 0 amide bonds. The number of rotatable bonds is 3. The molecule has 5 heteroatoms. The van der Waals surface area contributed by atoms with E-state index in [9.17, 15) is 0 Å². The van der Waals surface area contributed by atoms with Gasteiger partial charge in [-0.1, -0.05) is 0 Å². The fourth-order valence-electron chi connectivity index (χ4n) is 2.80. The molecule has 0 unspecified atom stereocenters. The van der Waals surface area contributed by atoms with Crippen molar-refractivity contribution in [3.05, 3.63) is 36.3 Å². The summed E-state index contributed by atoms with van der Waals surface area (Å²) in [6.45, 7) is 6.43. The maximum absolute atomic E-state index is 4.61. The number of piperazine rings is 1. The Morgan fingerprint density at radius 3 is 2.90 bits per heavy atom. The second-order valence-electron chi connectivity index (χ2n) is 5.50. The molecule has 1 fully saturated rings. The summed E-state index contributed by atoms with van der Waals surface area (Å²) in [7, 11) is 1.98. The summed E-state index contributed by atoms with van der Waals surface area (Å²) >= 11 is 0. The summed E-state index contributed by atoms with van der Waals surface area (Å²) in [6, 6.07) is 4.60. The second-order valence-corrected chi connectivity index (χ2v) is 5.50. The highest BCUT2D eigenvalue weighted by atomic mass is 15.3. The molecule has 20 heavy (non-hydrogen) atoms. The monoisotopic (exact) mass is 271 g/mol. The molecule has 2 aromatic rings. The Bertz CT molecular complexity index is 563. The van der Waals surface area contributed by atoms with Crippen LogP contribution >= 0.6 is 0 Å². The van der Waals surface area contributed by atoms with Crippen LogP contribution in [0.4, 0.5) is 0 Å². The highest BCUT2D eigenvalue weighted by Gasteiger charge is 2.18. The first-order valence-electron chi connectivity index (χ1n) is 7.11. The van der Waals surface area contributed by atoms with Crippen LogP contribution in [0.2, 0.25) is 0 Å². The van der Waals surface area contributed by atoms with Gasteiger partial charge < -0.3 is 5.32 Å². The standard InChI is InChI=1S/C15H21N5/c1-12-9-20(8-7-17-12)11-14-10-19(2)18-15(14)13-3-5-16-6-4-13/h3-6,10,12,17H,7-9,11H2,1-2H3/t12-/m1/s1. The number of nitrogens with zero attached hydrogens (tertiary/aromatic N) is 4. The van der Waals surface area contributed by atoms with Crippen LogP contribution in [-0.4, -0.2) is 45.3 Å². The van der Waals surface area contributed by atoms with Crippen molar-refractivity contribution < 1.29 is 0 Å². The molecule has 5 nitrogen and oxygen atoms in total. The topological polar surface area (TPSA) is 46.0 Å². The van der Waals surface area contributed by atoms with Gasteiger partial charge in [0.2, 0.25) is 0 Å². The van der Waals surface area contributed by atoms with Crippen molar-refractivity contribution in [1.82, 2.24) is 25.0 Å². The first kappa shape index (κ1) is 13.3. The fraction of sp³-hybridized carbons (Fsp3) is 0.467. The van der Waals surface area contributed by atoms with Crippen LogP contribution in [0.3, 0.4) is 0 Å². The molecule has 1 aliphatic heterocycles. The third kappa shape index (κ3) is 2.89. The van der Waals surface area contributed by atoms with Crippen molar-refractivity contribution in [1.29, 1.82) is 0 Å². The van der Waals surface area contributed by atoms with Gasteiger partial charge in [-0.25, -0.2) is 0 Å². The Balaban J connectivity index is 1.83. The Kier molecular flexibility index (Phi) is 3.80. The Morgan fingerprint density at radius 1 is 1.35 bits per heavy atom. The van der Waals surface area contributed by atoms with Crippen LogP contribution in [0.5, 0.6) is 0 Å². The van der Waals surface area contributed by atoms with Gasteiger partial charge in [0, 0.05) is 69.0 Å². The first-order chi connectivity index (χ1) is 9.72. The maximum atomic E-state index is 4.61. The molecule has 1 atom stereocenters. The van der Waals surface area contributed by atoms with Crippen LogP contribution in [0.15, 0.2) is 30.7 Å². The van der Waals surface area contributed by atoms with Gasteiger partial charge in [0.15, 0.2) is 0 Å². The van der Waals surface area contributed by atoms with Crippen molar-refractivity contribution in [3.63, 3.8) is 0 Å². The average molecular weight is 271 g/mol. The van der Waals surface area contributed by atoms with E-state index in [2.05, 4.69) is 33.4 Å². The smallest absolute Gasteiger partial charge is 0.0969 e. The summed E-state index contributed by atoms with van der Waals surface area (Å²) < 4.78 is 1.90. The van der Waals surface area contributed by atoms with Crippen molar-refractivity contribution in [2.24, 2.45) is 7.05 Å². The van der Waals surface area contributed by atoms with Crippen LogP contribution < -0.4 is 5.32 Å². The molecule has 0 saturated carbocycles. The Morgan fingerprint density at radius 2 is 2.15 bits per heavy atom. The van der Waals surface area contributed by atoms with Gasteiger partial charge >= 0.3 is 0 Å². The largest absolute Gasteiger partial charge is 0.312 e. The van der Waals surface area contributed by atoms with Gasteiger partial charge in [0.1, 0.15) is 0 Å². The normalized spacial score (nSPS) is 20.2. The number of hydrogen-bond acceptors (Lipinski definition) is 4. The van der Waals surface area contributed by atoms with Crippen LogP contribution in [0.1, 0.15) is 12.5 Å². The van der Waals surface area contributed by atoms with Crippen molar-refractivity contribution >= 4 is 0 Å². The van der Waals surface area contributed by atoms with Gasteiger partial charge in [-0.3, -0.25) is 14.6 Å². The molecule has 0 bridgehead atoms. The lowest BCUT2D eigenvalue weighted by Gasteiger charge is -2.31. The van der Waals surface area contributed by atoms with Crippen LogP contribution in [0, 0.1) is 0 Å². The maximum Gasteiger partial charge on any atom is 0.0969 e. The molecule has 2 aromatic heterocycles. The van der Waals surface area contributed by atoms with E-state index in [1.54, 1.807) is 0 Å². The molecule has 1 saturated heterocycles. The fourth-order valence-corrected chi connectivity index (χ4v) is 2.80. The minimum absolute atomic E-state index is 0.560. The van der Waals surface area contributed by atoms with Crippen LogP contribution in [0.25, 0.3) is 11.3 Å². The molecule has 3 rings (SSSR count). The van der Waals surface area contributed by atoms with Gasteiger partial charge in [0.05, 0.1) is 5.69 Å². The van der Waals surface area contributed by atoms with E-state index < -0.39 is 0 Å². The van der Waals surface area contributed by atoms with Gasteiger partial charge in [-0.15, -0.1) is 0 Å². The Hall–Kier alpha value is -1.72. The predicted octanol–water partition coefficient (Wildman–Crippen LogP) is 1.28. The predicted molar refractivity (Wildman–Crippen MR) is 79.2 cm³/mol. The highest BCUT2D eigenvalue weighted by Crippen LogP contribution is 2.22. The zero-order valence-corrected chi connectivity index (χ0v) is 12.1. The molecule has 106 valence electrons.